The maximum absolute atomic E-state index is 12.4. The number of benzene rings is 1. The first-order chi connectivity index (χ1) is 8.63. The minimum absolute atomic E-state index is 0.174. The smallest absolute Gasteiger partial charge is 0.165 e. The van der Waals surface area contributed by atoms with Crippen LogP contribution in [0.3, 0.4) is 0 Å². The van der Waals surface area contributed by atoms with E-state index >= 15 is 0 Å². The Balaban J connectivity index is 2.90. The minimum atomic E-state index is 0.174. The molecule has 0 bridgehead atoms. The maximum Gasteiger partial charge on any atom is 0.165 e. The van der Waals surface area contributed by atoms with Gasteiger partial charge in [0, 0.05) is 11.5 Å². The number of ketones is 1. The van der Waals surface area contributed by atoms with Gasteiger partial charge in [-0.2, -0.15) is 0 Å². The van der Waals surface area contributed by atoms with Gasteiger partial charge in [-0.3, -0.25) is 4.79 Å². The fourth-order valence-electron chi connectivity index (χ4n) is 2.37. The van der Waals surface area contributed by atoms with Crippen molar-refractivity contribution in [2.24, 2.45) is 5.92 Å². The number of Topliss-reactive ketones (excluding diaryl/α,β-unsaturated/α-hetero) is 1. The zero-order valence-electron chi connectivity index (χ0n) is 12.0. The van der Waals surface area contributed by atoms with Crippen molar-refractivity contribution in [3.8, 4) is 5.75 Å². The molecule has 1 aromatic carbocycles. The van der Waals surface area contributed by atoms with E-state index < -0.39 is 0 Å². The average molecular weight is 248 g/mol. The number of carbonyl (C=O) groups excluding carboxylic acids is 1. The Bertz CT molecular complexity index is 390. The predicted molar refractivity (Wildman–Crippen MR) is 75.4 cm³/mol. The fraction of sp³-hybridized carbons (Fsp3) is 0.562. The Morgan fingerprint density at radius 2 is 1.83 bits per heavy atom. The number of carbonyl (C=O) groups is 1. The van der Waals surface area contributed by atoms with Crippen molar-refractivity contribution >= 4 is 5.78 Å². The molecule has 0 atom stereocenters. The van der Waals surface area contributed by atoms with Gasteiger partial charge in [0.15, 0.2) is 5.78 Å². The third-order valence-corrected chi connectivity index (χ3v) is 3.32. The highest BCUT2D eigenvalue weighted by Gasteiger charge is 2.18. The molecule has 0 saturated carbocycles. The molecule has 0 aliphatic heterocycles. The molecule has 0 aliphatic carbocycles. The fourth-order valence-corrected chi connectivity index (χ4v) is 2.37. The highest BCUT2D eigenvalue weighted by Crippen LogP contribution is 2.23. The SMILES string of the molecule is CCCC(CCC)C(=O)c1ccc(OC)c(C)c1. The molecule has 0 amide bonds. The van der Waals surface area contributed by atoms with Gasteiger partial charge in [-0.25, -0.2) is 0 Å². The second-order valence-corrected chi connectivity index (χ2v) is 4.82. The Hall–Kier alpha value is -1.31. The van der Waals surface area contributed by atoms with E-state index in [0.717, 1.165) is 42.6 Å². The van der Waals surface area contributed by atoms with Crippen LogP contribution >= 0.6 is 0 Å². The second-order valence-electron chi connectivity index (χ2n) is 4.82. The number of aryl methyl sites for hydroxylation is 1. The zero-order valence-corrected chi connectivity index (χ0v) is 12.0. The molecule has 1 aromatic rings. The first-order valence-electron chi connectivity index (χ1n) is 6.82. The van der Waals surface area contributed by atoms with E-state index in [2.05, 4.69) is 13.8 Å². The molecule has 0 aliphatic rings. The van der Waals surface area contributed by atoms with E-state index in [4.69, 9.17) is 4.74 Å². The van der Waals surface area contributed by atoms with Crippen molar-refractivity contribution in [3.63, 3.8) is 0 Å². The summed E-state index contributed by atoms with van der Waals surface area (Å²) in [7, 11) is 1.65. The number of hydrogen-bond acceptors (Lipinski definition) is 2. The Morgan fingerprint density at radius 1 is 1.22 bits per heavy atom. The molecule has 0 N–H and O–H groups in total. The predicted octanol–water partition coefficient (Wildman–Crippen LogP) is 4.40. The van der Waals surface area contributed by atoms with Crippen LogP contribution < -0.4 is 4.74 Å². The van der Waals surface area contributed by atoms with Crippen molar-refractivity contribution in [1.29, 1.82) is 0 Å². The molecule has 0 radical (unpaired) electrons. The highest BCUT2D eigenvalue weighted by atomic mass is 16.5. The number of rotatable bonds is 7. The van der Waals surface area contributed by atoms with Gasteiger partial charge in [0.1, 0.15) is 5.75 Å². The second kappa shape index (κ2) is 7.20. The molecule has 1 rings (SSSR count). The van der Waals surface area contributed by atoms with E-state index in [0.29, 0.717) is 0 Å². The summed E-state index contributed by atoms with van der Waals surface area (Å²) in [6.45, 7) is 6.24. The summed E-state index contributed by atoms with van der Waals surface area (Å²) in [5, 5.41) is 0. The highest BCUT2D eigenvalue weighted by molar-refractivity contribution is 5.98. The van der Waals surface area contributed by atoms with Gasteiger partial charge in [-0.05, 0) is 43.5 Å². The molecule has 100 valence electrons. The van der Waals surface area contributed by atoms with Gasteiger partial charge >= 0.3 is 0 Å². The number of ether oxygens (including phenoxy) is 1. The van der Waals surface area contributed by atoms with Gasteiger partial charge in [0.25, 0.3) is 0 Å². The average Bonchev–Trinajstić information content (AvgIpc) is 2.37. The Morgan fingerprint density at radius 3 is 2.28 bits per heavy atom. The van der Waals surface area contributed by atoms with Crippen LogP contribution in [0.5, 0.6) is 5.75 Å². The Labute approximate surface area is 110 Å². The van der Waals surface area contributed by atoms with Crippen molar-refractivity contribution in [2.75, 3.05) is 7.11 Å². The van der Waals surface area contributed by atoms with Crippen LogP contribution in [0.25, 0.3) is 0 Å². The normalized spacial score (nSPS) is 10.7. The third-order valence-electron chi connectivity index (χ3n) is 3.32. The van der Waals surface area contributed by atoms with E-state index in [9.17, 15) is 4.79 Å². The quantitative estimate of drug-likeness (QED) is 0.668. The molecule has 2 nitrogen and oxygen atoms in total. The van der Waals surface area contributed by atoms with Crippen LogP contribution in [0.2, 0.25) is 0 Å². The van der Waals surface area contributed by atoms with Gasteiger partial charge < -0.3 is 4.74 Å². The van der Waals surface area contributed by atoms with Crippen molar-refractivity contribution in [3.05, 3.63) is 29.3 Å². The monoisotopic (exact) mass is 248 g/mol. The van der Waals surface area contributed by atoms with E-state index in [1.165, 1.54) is 0 Å². The summed E-state index contributed by atoms with van der Waals surface area (Å²) >= 11 is 0. The summed E-state index contributed by atoms with van der Waals surface area (Å²) in [5.74, 6) is 1.30. The molecule has 18 heavy (non-hydrogen) atoms. The molecular weight excluding hydrogens is 224 g/mol. The van der Waals surface area contributed by atoms with Crippen LogP contribution in [0.4, 0.5) is 0 Å². The van der Waals surface area contributed by atoms with Crippen LogP contribution in [-0.4, -0.2) is 12.9 Å². The molecule has 0 fully saturated rings. The van der Waals surface area contributed by atoms with Gasteiger partial charge in [0.05, 0.1) is 7.11 Å². The van der Waals surface area contributed by atoms with E-state index in [1.807, 2.05) is 25.1 Å². The van der Waals surface area contributed by atoms with E-state index in [1.54, 1.807) is 7.11 Å². The Kier molecular flexibility index (Phi) is 5.90. The standard InChI is InChI=1S/C16H24O2/c1-5-7-13(8-6-2)16(17)14-9-10-15(18-4)12(3)11-14/h9-11,13H,5-8H2,1-4H3. The molecule has 0 aromatic heterocycles. The summed E-state index contributed by atoms with van der Waals surface area (Å²) in [4.78, 5) is 12.4. The lowest BCUT2D eigenvalue weighted by Crippen LogP contribution is -2.14. The summed E-state index contributed by atoms with van der Waals surface area (Å²) < 4.78 is 5.22. The van der Waals surface area contributed by atoms with Gasteiger partial charge in [0.2, 0.25) is 0 Å². The lowest BCUT2D eigenvalue weighted by molar-refractivity contribution is 0.0905. The van der Waals surface area contributed by atoms with Crippen LogP contribution in [0, 0.1) is 12.8 Å². The van der Waals surface area contributed by atoms with Gasteiger partial charge in [-0.15, -0.1) is 0 Å². The lowest BCUT2D eigenvalue weighted by Gasteiger charge is -2.15. The van der Waals surface area contributed by atoms with Crippen molar-refractivity contribution in [2.45, 2.75) is 46.5 Å². The summed E-state index contributed by atoms with van der Waals surface area (Å²) in [5.41, 5.74) is 1.84. The van der Waals surface area contributed by atoms with Crippen molar-refractivity contribution < 1.29 is 9.53 Å². The van der Waals surface area contributed by atoms with Crippen molar-refractivity contribution in [1.82, 2.24) is 0 Å². The topological polar surface area (TPSA) is 26.3 Å². The molecule has 0 saturated heterocycles. The number of hydrogen-bond donors (Lipinski definition) is 0. The van der Waals surface area contributed by atoms with E-state index in [-0.39, 0.29) is 11.7 Å². The molecule has 0 heterocycles. The van der Waals surface area contributed by atoms with Crippen LogP contribution in [0.15, 0.2) is 18.2 Å². The minimum Gasteiger partial charge on any atom is -0.496 e. The molecule has 0 unspecified atom stereocenters. The number of methoxy groups -OCH3 is 1. The van der Waals surface area contributed by atoms with Gasteiger partial charge in [-0.1, -0.05) is 26.7 Å². The largest absolute Gasteiger partial charge is 0.496 e. The first-order valence-corrected chi connectivity index (χ1v) is 6.82. The molecular formula is C16H24O2. The van der Waals surface area contributed by atoms with Crippen LogP contribution in [-0.2, 0) is 0 Å². The molecule has 0 spiro atoms. The third kappa shape index (κ3) is 3.59. The summed E-state index contributed by atoms with van der Waals surface area (Å²) in [6, 6.07) is 5.71. The molecule has 2 heteroatoms. The maximum atomic E-state index is 12.4. The zero-order chi connectivity index (χ0) is 13.5. The first kappa shape index (κ1) is 14.7. The summed E-state index contributed by atoms with van der Waals surface area (Å²) in [6.07, 6.45) is 4.09. The van der Waals surface area contributed by atoms with Crippen LogP contribution in [0.1, 0.15) is 55.5 Å². The lowest BCUT2D eigenvalue weighted by atomic mass is 9.89.